The summed E-state index contributed by atoms with van der Waals surface area (Å²) in [6.07, 6.45) is 3.43. The molecule has 0 aliphatic carbocycles. The zero-order valence-electron chi connectivity index (χ0n) is 10.1. The van der Waals surface area contributed by atoms with Gasteiger partial charge >= 0.3 is 0 Å². The molecule has 1 aromatic heterocycles. The Balaban J connectivity index is 2.14. The van der Waals surface area contributed by atoms with Crippen LogP contribution in [-0.2, 0) is 0 Å². The number of anilines is 1. The molecule has 1 heterocycles. The van der Waals surface area contributed by atoms with E-state index in [0.717, 1.165) is 17.3 Å². The van der Waals surface area contributed by atoms with Crippen molar-refractivity contribution in [2.45, 2.75) is 26.2 Å². The number of rotatable bonds is 5. The van der Waals surface area contributed by atoms with E-state index in [1.807, 2.05) is 30.3 Å². The highest BCUT2D eigenvalue weighted by molar-refractivity contribution is 5.82. The van der Waals surface area contributed by atoms with Gasteiger partial charge in [-0.25, -0.2) is 4.98 Å². The van der Waals surface area contributed by atoms with Gasteiger partial charge in [0.25, 0.3) is 0 Å². The molecule has 90 valence electrons. The second-order valence-electron chi connectivity index (χ2n) is 4.12. The SMILES string of the molecule is CCCCCOc1cc2ccccc2nc1N. The van der Waals surface area contributed by atoms with Crippen LogP contribution in [0.15, 0.2) is 30.3 Å². The van der Waals surface area contributed by atoms with Crippen molar-refractivity contribution in [2.24, 2.45) is 0 Å². The summed E-state index contributed by atoms with van der Waals surface area (Å²) >= 11 is 0. The van der Waals surface area contributed by atoms with Crippen LogP contribution in [0, 0.1) is 0 Å². The predicted molar refractivity (Wildman–Crippen MR) is 71.2 cm³/mol. The fourth-order valence-corrected chi connectivity index (χ4v) is 1.76. The number of ether oxygens (including phenoxy) is 1. The highest BCUT2D eigenvalue weighted by Crippen LogP contribution is 2.24. The van der Waals surface area contributed by atoms with Gasteiger partial charge < -0.3 is 10.5 Å². The molecule has 0 saturated carbocycles. The topological polar surface area (TPSA) is 48.1 Å². The smallest absolute Gasteiger partial charge is 0.166 e. The number of nitrogen functional groups attached to an aromatic ring is 1. The average molecular weight is 230 g/mol. The van der Waals surface area contributed by atoms with E-state index in [2.05, 4.69) is 11.9 Å². The first-order chi connectivity index (χ1) is 8.31. The second kappa shape index (κ2) is 5.53. The number of unbranched alkanes of at least 4 members (excludes halogenated alkanes) is 2. The molecule has 0 aliphatic rings. The van der Waals surface area contributed by atoms with Gasteiger partial charge in [-0.3, -0.25) is 0 Å². The summed E-state index contributed by atoms with van der Waals surface area (Å²) in [6, 6.07) is 9.87. The van der Waals surface area contributed by atoms with Gasteiger partial charge in [0.05, 0.1) is 12.1 Å². The Morgan fingerprint density at radius 2 is 2.06 bits per heavy atom. The molecule has 0 spiro atoms. The first-order valence-electron chi connectivity index (χ1n) is 6.09. The predicted octanol–water partition coefficient (Wildman–Crippen LogP) is 3.39. The molecule has 0 atom stereocenters. The Hall–Kier alpha value is -1.77. The van der Waals surface area contributed by atoms with Crippen LogP contribution in [0.25, 0.3) is 10.9 Å². The van der Waals surface area contributed by atoms with Gasteiger partial charge in [-0.05, 0) is 18.6 Å². The van der Waals surface area contributed by atoms with E-state index in [0.29, 0.717) is 18.2 Å². The minimum Gasteiger partial charge on any atom is -0.490 e. The lowest BCUT2D eigenvalue weighted by atomic mass is 10.2. The highest BCUT2D eigenvalue weighted by Gasteiger charge is 2.04. The van der Waals surface area contributed by atoms with Gasteiger partial charge in [0.1, 0.15) is 0 Å². The van der Waals surface area contributed by atoms with Crippen LogP contribution in [-0.4, -0.2) is 11.6 Å². The fourth-order valence-electron chi connectivity index (χ4n) is 1.76. The van der Waals surface area contributed by atoms with Crippen molar-refractivity contribution >= 4 is 16.7 Å². The van der Waals surface area contributed by atoms with Gasteiger partial charge in [0.2, 0.25) is 0 Å². The van der Waals surface area contributed by atoms with Crippen molar-refractivity contribution in [1.82, 2.24) is 4.98 Å². The molecular formula is C14H18N2O. The Kier molecular flexibility index (Phi) is 3.81. The molecule has 0 saturated heterocycles. The number of aromatic nitrogens is 1. The molecule has 0 amide bonds. The molecule has 3 nitrogen and oxygen atoms in total. The summed E-state index contributed by atoms with van der Waals surface area (Å²) in [7, 11) is 0. The molecule has 2 N–H and O–H groups in total. The average Bonchev–Trinajstić information content (AvgIpc) is 2.35. The molecule has 0 fully saturated rings. The summed E-state index contributed by atoms with van der Waals surface area (Å²) in [5.41, 5.74) is 6.77. The Bertz CT molecular complexity index is 497. The Morgan fingerprint density at radius 3 is 2.88 bits per heavy atom. The van der Waals surface area contributed by atoms with Gasteiger partial charge in [-0.1, -0.05) is 38.0 Å². The molecule has 2 rings (SSSR count). The van der Waals surface area contributed by atoms with E-state index in [-0.39, 0.29) is 0 Å². The number of hydrogen-bond donors (Lipinski definition) is 1. The van der Waals surface area contributed by atoms with E-state index < -0.39 is 0 Å². The van der Waals surface area contributed by atoms with Gasteiger partial charge in [-0.2, -0.15) is 0 Å². The lowest BCUT2D eigenvalue weighted by Gasteiger charge is -2.09. The summed E-state index contributed by atoms with van der Waals surface area (Å²) in [6.45, 7) is 2.88. The van der Waals surface area contributed by atoms with E-state index in [9.17, 15) is 0 Å². The lowest BCUT2D eigenvalue weighted by Crippen LogP contribution is -2.02. The van der Waals surface area contributed by atoms with E-state index in [1.54, 1.807) is 0 Å². The maximum Gasteiger partial charge on any atom is 0.166 e. The van der Waals surface area contributed by atoms with Crippen molar-refractivity contribution < 1.29 is 4.74 Å². The fraction of sp³-hybridized carbons (Fsp3) is 0.357. The van der Waals surface area contributed by atoms with Crippen LogP contribution in [0.3, 0.4) is 0 Å². The van der Waals surface area contributed by atoms with E-state index in [1.165, 1.54) is 12.8 Å². The van der Waals surface area contributed by atoms with Crippen LogP contribution in [0.5, 0.6) is 5.75 Å². The molecule has 0 aliphatic heterocycles. The largest absolute Gasteiger partial charge is 0.490 e. The number of nitrogens with two attached hydrogens (primary N) is 1. The van der Waals surface area contributed by atoms with Crippen LogP contribution in [0.4, 0.5) is 5.82 Å². The normalized spacial score (nSPS) is 10.6. The second-order valence-corrected chi connectivity index (χ2v) is 4.12. The number of hydrogen-bond acceptors (Lipinski definition) is 3. The molecule has 17 heavy (non-hydrogen) atoms. The molecule has 0 radical (unpaired) electrons. The number of benzene rings is 1. The third-order valence-corrected chi connectivity index (χ3v) is 2.72. The summed E-state index contributed by atoms with van der Waals surface area (Å²) in [5, 5.41) is 1.06. The third kappa shape index (κ3) is 2.87. The van der Waals surface area contributed by atoms with Gasteiger partial charge in [-0.15, -0.1) is 0 Å². The lowest BCUT2D eigenvalue weighted by molar-refractivity contribution is 0.307. The maximum atomic E-state index is 5.87. The highest BCUT2D eigenvalue weighted by atomic mass is 16.5. The van der Waals surface area contributed by atoms with Crippen molar-refractivity contribution in [3.8, 4) is 5.75 Å². The van der Waals surface area contributed by atoms with Crippen LogP contribution in [0.1, 0.15) is 26.2 Å². The summed E-state index contributed by atoms with van der Waals surface area (Å²) in [5.74, 6) is 1.17. The first-order valence-corrected chi connectivity index (χ1v) is 6.09. The van der Waals surface area contributed by atoms with Crippen molar-refractivity contribution in [2.75, 3.05) is 12.3 Å². The number of para-hydroxylation sites is 1. The molecular weight excluding hydrogens is 212 g/mol. The third-order valence-electron chi connectivity index (χ3n) is 2.72. The monoisotopic (exact) mass is 230 g/mol. The summed E-state index contributed by atoms with van der Waals surface area (Å²) in [4.78, 5) is 4.33. The Morgan fingerprint density at radius 1 is 1.24 bits per heavy atom. The molecule has 3 heteroatoms. The van der Waals surface area contributed by atoms with Crippen molar-refractivity contribution in [3.63, 3.8) is 0 Å². The van der Waals surface area contributed by atoms with Crippen LogP contribution < -0.4 is 10.5 Å². The molecule has 0 bridgehead atoms. The standard InChI is InChI=1S/C14H18N2O/c1-2-3-6-9-17-13-10-11-7-4-5-8-12(11)16-14(13)15/h4-5,7-8,10H,2-3,6,9H2,1H3,(H2,15,16). The number of nitrogens with zero attached hydrogens (tertiary/aromatic N) is 1. The minimum absolute atomic E-state index is 0.472. The molecule has 0 unspecified atom stereocenters. The zero-order chi connectivity index (χ0) is 12.1. The zero-order valence-corrected chi connectivity index (χ0v) is 10.1. The maximum absolute atomic E-state index is 5.87. The van der Waals surface area contributed by atoms with Crippen LogP contribution >= 0.6 is 0 Å². The minimum atomic E-state index is 0.472. The van der Waals surface area contributed by atoms with Crippen molar-refractivity contribution in [3.05, 3.63) is 30.3 Å². The number of fused-ring (bicyclic) bond motifs is 1. The number of pyridine rings is 1. The molecule has 2 aromatic rings. The summed E-state index contributed by atoms with van der Waals surface area (Å²) < 4.78 is 5.66. The van der Waals surface area contributed by atoms with Gasteiger partial charge in [0, 0.05) is 5.39 Å². The van der Waals surface area contributed by atoms with Crippen molar-refractivity contribution in [1.29, 1.82) is 0 Å². The Labute approximate surface area is 102 Å². The first kappa shape index (κ1) is 11.7. The van der Waals surface area contributed by atoms with Gasteiger partial charge in [0.15, 0.2) is 11.6 Å². The molecule has 1 aromatic carbocycles. The van der Waals surface area contributed by atoms with Crippen LogP contribution in [0.2, 0.25) is 0 Å². The quantitative estimate of drug-likeness (QED) is 0.801. The van der Waals surface area contributed by atoms with E-state index >= 15 is 0 Å². The van der Waals surface area contributed by atoms with E-state index in [4.69, 9.17) is 10.5 Å².